The van der Waals surface area contributed by atoms with E-state index < -0.39 is 5.82 Å². The summed E-state index contributed by atoms with van der Waals surface area (Å²) in [5.74, 6) is -0.607. The molecule has 0 spiro atoms. The molecule has 0 saturated heterocycles. The molecule has 1 aromatic carbocycles. The van der Waals surface area contributed by atoms with Gasteiger partial charge in [-0.3, -0.25) is 4.68 Å². The molecule has 0 radical (unpaired) electrons. The van der Waals surface area contributed by atoms with Crippen LogP contribution in [-0.2, 0) is 6.54 Å². The Morgan fingerprint density at radius 2 is 2.26 bits per heavy atom. The van der Waals surface area contributed by atoms with Gasteiger partial charge in [-0.05, 0) is 30.7 Å². The van der Waals surface area contributed by atoms with Crippen LogP contribution in [0.5, 0.6) is 0 Å². The Morgan fingerprint density at radius 1 is 1.53 bits per heavy atom. The summed E-state index contributed by atoms with van der Waals surface area (Å²) in [6.45, 7) is 2.13. The van der Waals surface area contributed by atoms with E-state index in [9.17, 15) is 4.39 Å². The lowest BCUT2D eigenvalue weighted by Gasteiger charge is -2.05. The van der Waals surface area contributed by atoms with Crippen LogP contribution < -0.4 is 5.73 Å². The van der Waals surface area contributed by atoms with E-state index in [-0.39, 0.29) is 5.84 Å². The average Bonchev–Trinajstić information content (AvgIpc) is 2.66. The summed E-state index contributed by atoms with van der Waals surface area (Å²) in [5.41, 5.74) is 7.10. The molecule has 0 amide bonds. The summed E-state index contributed by atoms with van der Waals surface area (Å²) in [6.07, 6.45) is 1.66. The van der Waals surface area contributed by atoms with Gasteiger partial charge in [0.2, 0.25) is 0 Å². The van der Waals surface area contributed by atoms with Gasteiger partial charge >= 0.3 is 0 Å². The van der Waals surface area contributed by atoms with Crippen molar-refractivity contribution in [3.8, 4) is 0 Å². The Kier molecular flexibility index (Phi) is 3.71. The second-order valence-electron chi connectivity index (χ2n) is 4.09. The molecular formula is C12H12ClFN4O. The van der Waals surface area contributed by atoms with Gasteiger partial charge in [-0.15, -0.1) is 0 Å². The number of nitrogens with zero attached hydrogens (tertiary/aromatic N) is 3. The first-order chi connectivity index (χ1) is 8.99. The van der Waals surface area contributed by atoms with E-state index in [1.807, 2.05) is 0 Å². The molecule has 0 saturated carbocycles. The van der Waals surface area contributed by atoms with Crippen molar-refractivity contribution in [2.75, 3.05) is 0 Å². The standard InChI is InChI=1S/C12H12ClFN4O/c1-7-11(13)6-18(16-7)5-8-2-9(12(15)17-19)4-10(14)3-8/h2-4,6,19H,5H2,1H3,(H2,15,17). The molecular weight excluding hydrogens is 271 g/mol. The zero-order chi connectivity index (χ0) is 14.0. The molecule has 1 aromatic heterocycles. The number of halogens is 2. The molecule has 1 heterocycles. The van der Waals surface area contributed by atoms with Crippen molar-refractivity contribution in [1.82, 2.24) is 9.78 Å². The molecule has 2 aromatic rings. The largest absolute Gasteiger partial charge is 0.409 e. The second-order valence-corrected chi connectivity index (χ2v) is 4.50. The number of benzene rings is 1. The summed E-state index contributed by atoms with van der Waals surface area (Å²) in [4.78, 5) is 0. The molecule has 0 unspecified atom stereocenters. The van der Waals surface area contributed by atoms with Crippen LogP contribution >= 0.6 is 11.6 Å². The summed E-state index contributed by atoms with van der Waals surface area (Å²) >= 11 is 5.90. The summed E-state index contributed by atoms with van der Waals surface area (Å²) in [7, 11) is 0. The van der Waals surface area contributed by atoms with Crippen molar-refractivity contribution in [1.29, 1.82) is 0 Å². The molecule has 0 bridgehead atoms. The minimum atomic E-state index is -0.464. The van der Waals surface area contributed by atoms with E-state index in [2.05, 4.69) is 10.3 Å². The van der Waals surface area contributed by atoms with Gasteiger partial charge < -0.3 is 10.9 Å². The van der Waals surface area contributed by atoms with Gasteiger partial charge in [-0.2, -0.15) is 5.10 Å². The molecule has 0 aliphatic rings. The lowest BCUT2D eigenvalue weighted by molar-refractivity contribution is 0.318. The van der Waals surface area contributed by atoms with Crippen LogP contribution in [-0.4, -0.2) is 20.8 Å². The van der Waals surface area contributed by atoms with Crippen LogP contribution in [0.1, 0.15) is 16.8 Å². The van der Waals surface area contributed by atoms with E-state index in [1.165, 1.54) is 12.1 Å². The highest BCUT2D eigenvalue weighted by molar-refractivity contribution is 6.31. The quantitative estimate of drug-likeness (QED) is 0.392. The fourth-order valence-corrected chi connectivity index (χ4v) is 1.86. The zero-order valence-electron chi connectivity index (χ0n) is 10.1. The number of aryl methyl sites for hydroxylation is 1. The van der Waals surface area contributed by atoms with Gasteiger partial charge in [0.15, 0.2) is 5.84 Å². The van der Waals surface area contributed by atoms with E-state index in [1.54, 1.807) is 23.9 Å². The second kappa shape index (κ2) is 5.27. The molecule has 3 N–H and O–H groups in total. The highest BCUT2D eigenvalue weighted by Gasteiger charge is 2.07. The van der Waals surface area contributed by atoms with Crippen LogP contribution in [0, 0.1) is 12.7 Å². The van der Waals surface area contributed by atoms with Crippen LogP contribution in [0.3, 0.4) is 0 Å². The molecule has 2 rings (SSSR count). The van der Waals surface area contributed by atoms with Gasteiger partial charge in [0.1, 0.15) is 5.82 Å². The number of hydrogen-bond donors (Lipinski definition) is 2. The van der Waals surface area contributed by atoms with Gasteiger partial charge in [0.05, 0.1) is 17.3 Å². The Balaban J connectivity index is 2.32. The number of hydrogen-bond acceptors (Lipinski definition) is 3. The Morgan fingerprint density at radius 3 is 2.84 bits per heavy atom. The number of aromatic nitrogens is 2. The maximum atomic E-state index is 13.5. The summed E-state index contributed by atoms with van der Waals surface area (Å²) in [6, 6.07) is 4.18. The van der Waals surface area contributed by atoms with Crippen molar-refractivity contribution >= 4 is 17.4 Å². The van der Waals surface area contributed by atoms with Crippen molar-refractivity contribution in [2.45, 2.75) is 13.5 Å². The maximum Gasteiger partial charge on any atom is 0.170 e. The number of rotatable bonds is 3. The number of oxime groups is 1. The van der Waals surface area contributed by atoms with E-state index in [0.717, 1.165) is 0 Å². The van der Waals surface area contributed by atoms with Crippen molar-refractivity contribution < 1.29 is 9.60 Å². The molecule has 0 atom stereocenters. The van der Waals surface area contributed by atoms with Crippen molar-refractivity contribution in [2.24, 2.45) is 10.9 Å². The lowest BCUT2D eigenvalue weighted by atomic mass is 10.1. The fraction of sp³-hybridized carbons (Fsp3) is 0.167. The van der Waals surface area contributed by atoms with Crippen molar-refractivity contribution in [3.05, 3.63) is 52.1 Å². The summed E-state index contributed by atoms with van der Waals surface area (Å²) in [5, 5.41) is 16.2. The third-order valence-corrected chi connectivity index (χ3v) is 2.96. The Hall–Kier alpha value is -2.08. The van der Waals surface area contributed by atoms with Crippen LogP contribution in [0.15, 0.2) is 29.6 Å². The topological polar surface area (TPSA) is 76.4 Å². The number of amidine groups is 1. The first-order valence-electron chi connectivity index (χ1n) is 5.46. The average molecular weight is 283 g/mol. The van der Waals surface area contributed by atoms with Crippen molar-refractivity contribution in [3.63, 3.8) is 0 Å². The molecule has 19 heavy (non-hydrogen) atoms. The molecule has 7 heteroatoms. The Bertz CT molecular complexity index is 619. The SMILES string of the molecule is Cc1nn(Cc2cc(F)cc(/C(N)=N/O)c2)cc1Cl. The monoisotopic (exact) mass is 282 g/mol. The van der Waals surface area contributed by atoms with E-state index in [4.69, 9.17) is 22.5 Å². The third kappa shape index (κ3) is 3.03. The molecule has 0 aliphatic heterocycles. The fourth-order valence-electron chi connectivity index (χ4n) is 1.71. The van der Waals surface area contributed by atoms with Crippen LogP contribution in [0.25, 0.3) is 0 Å². The van der Waals surface area contributed by atoms with Gasteiger partial charge in [0.25, 0.3) is 0 Å². The van der Waals surface area contributed by atoms with Gasteiger partial charge in [-0.1, -0.05) is 16.8 Å². The van der Waals surface area contributed by atoms with E-state index in [0.29, 0.717) is 28.4 Å². The third-order valence-electron chi connectivity index (χ3n) is 2.59. The summed E-state index contributed by atoms with van der Waals surface area (Å²) < 4.78 is 15.1. The van der Waals surface area contributed by atoms with Gasteiger partial charge in [0, 0.05) is 11.8 Å². The lowest BCUT2D eigenvalue weighted by Crippen LogP contribution is -2.14. The first-order valence-corrected chi connectivity index (χ1v) is 5.84. The van der Waals surface area contributed by atoms with Gasteiger partial charge in [-0.25, -0.2) is 4.39 Å². The van der Waals surface area contributed by atoms with Crippen LogP contribution in [0.2, 0.25) is 5.02 Å². The maximum absolute atomic E-state index is 13.5. The predicted octanol–water partition coefficient (Wildman–Crippen LogP) is 2.13. The predicted molar refractivity (Wildman–Crippen MR) is 70.0 cm³/mol. The van der Waals surface area contributed by atoms with E-state index >= 15 is 0 Å². The smallest absolute Gasteiger partial charge is 0.170 e. The zero-order valence-corrected chi connectivity index (χ0v) is 10.9. The molecule has 0 aliphatic carbocycles. The molecule has 100 valence electrons. The normalized spacial score (nSPS) is 11.8. The highest BCUT2D eigenvalue weighted by atomic mass is 35.5. The molecule has 5 nitrogen and oxygen atoms in total. The van der Waals surface area contributed by atoms with Crippen LogP contribution in [0.4, 0.5) is 4.39 Å². The minimum Gasteiger partial charge on any atom is -0.409 e. The first kappa shape index (κ1) is 13.4. The number of nitrogens with two attached hydrogens (primary N) is 1. The minimum absolute atomic E-state index is 0.143. The highest BCUT2D eigenvalue weighted by Crippen LogP contribution is 2.15. The molecule has 0 fully saturated rings. The Labute approximate surface area is 114 Å².